The Morgan fingerprint density at radius 1 is 1.32 bits per heavy atom. The van der Waals surface area contributed by atoms with Gasteiger partial charge in [-0.3, -0.25) is 5.41 Å². The largest absolute Gasteiger partial charge is 0.445 e. The summed E-state index contributed by atoms with van der Waals surface area (Å²) in [4.78, 5) is 0. The number of ether oxygens (including phenoxy) is 3. The Kier molecular flexibility index (Phi) is 6.09. The van der Waals surface area contributed by atoms with Crippen molar-refractivity contribution < 1.29 is 29.5 Å². The van der Waals surface area contributed by atoms with Crippen molar-refractivity contribution in [3.8, 4) is 0 Å². The van der Waals surface area contributed by atoms with Crippen molar-refractivity contribution in [1.29, 1.82) is 5.41 Å². The van der Waals surface area contributed by atoms with Crippen LogP contribution in [0.1, 0.15) is 0 Å². The second kappa shape index (κ2) is 6.73. The Morgan fingerprint density at radius 2 is 1.89 bits per heavy atom. The maximum Gasteiger partial charge on any atom is 0.265 e. The maximum absolute atomic E-state index is 9.88. The smallest absolute Gasteiger partial charge is 0.265 e. The highest BCUT2D eigenvalue weighted by molar-refractivity contribution is 6.76. The van der Waals surface area contributed by atoms with Crippen LogP contribution in [0.3, 0.4) is 0 Å². The molecule has 19 heavy (non-hydrogen) atoms. The second-order valence-electron chi connectivity index (χ2n) is 3.85. The number of aliphatic hydroxyl groups is 3. The minimum Gasteiger partial charge on any atom is -0.445 e. The first-order valence-electron chi connectivity index (χ1n) is 5.20. The number of nitrogens with one attached hydrogen (secondary N) is 1. The van der Waals surface area contributed by atoms with Crippen LogP contribution >= 0.6 is 34.8 Å². The summed E-state index contributed by atoms with van der Waals surface area (Å²) in [5.41, 5.74) is 0. The van der Waals surface area contributed by atoms with E-state index in [1.807, 2.05) is 0 Å². The van der Waals surface area contributed by atoms with Crippen LogP contribution in [0.5, 0.6) is 0 Å². The lowest BCUT2D eigenvalue weighted by atomic mass is 9.99. The van der Waals surface area contributed by atoms with Gasteiger partial charge >= 0.3 is 0 Å². The molecule has 112 valence electrons. The number of hydrogen-bond acceptors (Lipinski definition) is 7. The van der Waals surface area contributed by atoms with Crippen LogP contribution in [-0.4, -0.2) is 69.4 Å². The molecular formula is C9H14Cl3NO6. The van der Waals surface area contributed by atoms with Crippen LogP contribution in [0, 0.1) is 5.41 Å². The normalized spacial score (nSPS) is 36.1. The fourth-order valence-corrected chi connectivity index (χ4v) is 1.75. The minimum atomic E-state index is -2.11. The molecule has 0 aromatic rings. The Morgan fingerprint density at radius 3 is 2.32 bits per heavy atom. The molecule has 0 amide bonds. The molecule has 0 bridgehead atoms. The van der Waals surface area contributed by atoms with Crippen molar-refractivity contribution in [2.24, 2.45) is 0 Å². The Bertz CT molecular complexity index is 326. The third-order valence-electron chi connectivity index (χ3n) is 2.59. The van der Waals surface area contributed by atoms with Gasteiger partial charge < -0.3 is 29.5 Å². The van der Waals surface area contributed by atoms with Gasteiger partial charge in [-0.1, -0.05) is 34.8 Å². The lowest BCUT2D eigenvalue weighted by Crippen LogP contribution is -2.60. The number of hydrogen-bond donors (Lipinski definition) is 4. The van der Waals surface area contributed by atoms with Crippen LogP contribution in [0.2, 0.25) is 0 Å². The third kappa shape index (κ3) is 4.05. The first-order chi connectivity index (χ1) is 8.72. The summed E-state index contributed by atoms with van der Waals surface area (Å²) in [6, 6.07) is 0. The standard InChI is InChI=1S/C9H14Cl3NO6/c1-17-6-4(15)3(2-14)18-7(5(6)16)19-8(13)9(10,11)12/h3-7,13-16H,2H2,1H3/t3-,4-,5-,6+,7?/m1/s1. The molecule has 0 aromatic carbocycles. The molecule has 1 unspecified atom stereocenters. The average Bonchev–Trinajstić information content (AvgIpc) is 2.32. The topological polar surface area (TPSA) is 112 Å². The molecule has 1 aliphatic heterocycles. The van der Waals surface area contributed by atoms with E-state index in [9.17, 15) is 10.2 Å². The number of rotatable bonds is 3. The van der Waals surface area contributed by atoms with Gasteiger partial charge in [0.05, 0.1) is 6.61 Å². The van der Waals surface area contributed by atoms with Gasteiger partial charge in [-0.2, -0.15) is 0 Å². The molecule has 0 saturated carbocycles. The van der Waals surface area contributed by atoms with Gasteiger partial charge in [0.2, 0.25) is 12.2 Å². The first kappa shape index (κ1) is 17.2. The lowest BCUT2D eigenvalue weighted by Gasteiger charge is -2.41. The van der Waals surface area contributed by atoms with E-state index in [0.717, 1.165) is 0 Å². The molecule has 5 atom stereocenters. The van der Waals surface area contributed by atoms with E-state index in [2.05, 4.69) is 0 Å². The van der Waals surface area contributed by atoms with Crippen molar-refractivity contribution in [3.05, 3.63) is 0 Å². The Hall–Kier alpha value is 0.140. The number of halogens is 3. The summed E-state index contributed by atoms with van der Waals surface area (Å²) in [6.45, 7) is -0.533. The van der Waals surface area contributed by atoms with E-state index in [-0.39, 0.29) is 0 Å². The van der Waals surface area contributed by atoms with Crippen LogP contribution < -0.4 is 0 Å². The zero-order valence-electron chi connectivity index (χ0n) is 9.79. The van der Waals surface area contributed by atoms with E-state index in [1.165, 1.54) is 7.11 Å². The third-order valence-corrected chi connectivity index (χ3v) is 3.10. The molecule has 10 heteroatoms. The van der Waals surface area contributed by atoms with Crippen LogP contribution in [0.15, 0.2) is 0 Å². The van der Waals surface area contributed by atoms with Crippen molar-refractivity contribution >= 4 is 40.7 Å². The summed E-state index contributed by atoms with van der Waals surface area (Å²) < 4.78 is 12.8. The predicted octanol–water partition coefficient (Wildman–Crippen LogP) is -0.196. The second-order valence-corrected chi connectivity index (χ2v) is 6.13. The van der Waals surface area contributed by atoms with Crippen LogP contribution in [-0.2, 0) is 14.2 Å². The zero-order valence-corrected chi connectivity index (χ0v) is 12.1. The quantitative estimate of drug-likeness (QED) is 0.322. The molecule has 1 fully saturated rings. The van der Waals surface area contributed by atoms with Gasteiger partial charge in [-0.15, -0.1) is 0 Å². The fraction of sp³-hybridized carbons (Fsp3) is 0.889. The van der Waals surface area contributed by atoms with E-state index < -0.39 is 47.0 Å². The van der Waals surface area contributed by atoms with E-state index in [0.29, 0.717) is 0 Å². The monoisotopic (exact) mass is 337 g/mol. The van der Waals surface area contributed by atoms with E-state index >= 15 is 0 Å². The Labute approximate surface area is 124 Å². The highest BCUT2D eigenvalue weighted by atomic mass is 35.6. The fourth-order valence-electron chi connectivity index (χ4n) is 1.61. The molecular weight excluding hydrogens is 324 g/mol. The van der Waals surface area contributed by atoms with Gasteiger partial charge in [0, 0.05) is 7.11 Å². The number of methoxy groups -OCH3 is 1. The van der Waals surface area contributed by atoms with Gasteiger partial charge in [-0.25, -0.2) is 0 Å². The molecule has 7 nitrogen and oxygen atoms in total. The van der Waals surface area contributed by atoms with Crippen LogP contribution in [0.4, 0.5) is 0 Å². The SMILES string of the molecule is CO[C@H]1[C@H](O)[C@@H](CO)OC(OC(=N)C(Cl)(Cl)Cl)[C@@H]1O. The van der Waals surface area contributed by atoms with Crippen molar-refractivity contribution in [2.45, 2.75) is 34.5 Å². The van der Waals surface area contributed by atoms with Crippen molar-refractivity contribution in [1.82, 2.24) is 0 Å². The van der Waals surface area contributed by atoms with E-state index in [4.69, 9.17) is 59.5 Å². The molecule has 4 N–H and O–H groups in total. The van der Waals surface area contributed by atoms with Gasteiger partial charge in [0.15, 0.2) is 0 Å². The summed E-state index contributed by atoms with van der Waals surface area (Å²) in [5, 5.41) is 36.1. The molecule has 0 spiro atoms. The number of aliphatic hydroxyl groups excluding tert-OH is 3. The van der Waals surface area contributed by atoms with Gasteiger partial charge in [0.1, 0.15) is 24.4 Å². The summed E-state index contributed by atoms with van der Waals surface area (Å²) in [6.07, 6.45) is -6.21. The highest BCUT2D eigenvalue weighted by Crippen LogP contribution is 2.31. The molecule has 1 heterocycles. The Balaban J connectivity index is 2.80. The molecule has 1 aliphatic rings. The molecule has 0 radical (unpaired) electrons. The highest BCUT2D eigenvalue weighted by Gasteiger charge is 2.47. The van der Waals surface area contributed by atoms with Crippen LogP contribution in [0.25, 0.3) is 0 Å². The predicted molar refractivity (Wildman–Crippen MR) is 67.7 cm³/mol. The average molecular weight is 339 g/mol. The molecule has 1 saturated heterocycles. The number of alkyl halides is 3. The molecule has 0 aromatic heterocycles. The molecule has 1 rings (SSSR count). The minimum absolute atomic E-state index is 0.533. The van der Waals surface area contributed by atoms with Crippen molar-refractivity contribution in [2.75, 3.05) is 13.7 Å². The summed E-state index contributed by atoms with van der Waals surface area (Å²) in [7, 11) is 1.26. The first-order valence-corrected chi connectivity index (χ1v) is 6.33. The summed E-state index contributed by atoms with van der Waals surface area (Å²) >= 11 is 16.3. The van der Waals surface area contributed by atoms with Crippen molar-refractivity contribution in [3.63, 3.8) is 0 Å². The van der Waals surface area contributed by atoms with E-state index in [1.54, 1.807) is 0 Å². The van der Waals surface area contributed by atoms with Gasteiger partial charge in [0.25, 0.3) is 3.79 Å². The zero-order chi connectivity index (χ0) is 14.8. The van der Waals surface area contributed by atoms with Gasteiger partial charge in [-0.05, 0) is 0 Å². The summed E-state index contributed by atoms with van der Waals surface area (Å²) in [5.74, 6) is -0.760. The maximum atomic E-state index is 9.88. The molecule has 0 aliphatic carbocycles. The lowest BCUT2D eigenvalue weighted by molar-refractivity contribution is -0.286.